The van der Waals surface area contributed by atoms with Crippen molar-refractivity contribution in [3.63, 3.8) is 0 Å². The zero-order chi connectivity index (χ0) is 13.2. The quantitative estimate of drug-likeness (QED) is 0.852. The molecule has 6 nitrogen and oxygen atoms in total. The van der Waals surface area contributed by atoms with Gasteiger partial charge in [0.1, 0.15) is 6.10 Å². The first-order valence-corrected chi connectivity index (χ1v) is 6.61. The van der Waals surface area contributed by atoms with Crippen LogP contribution in [0.1, 0.15) is 11.9 Å². The Bertz CT molecular complexity index is 561. The van der Waals surface area contributed by atoms with Crippen molar-refractivity contribution in [1.82, 2.24) is 10.1 Å². The van der Waals surface area contributed by atoms with Crippen LogP contribution in [0.2, 0.25) is 0 Å². The highest BCUT2D eigenvalue weighted by Gasteiger charge is 2.22. The number of hydrogen-bond acceptors (Lipinski definition) is 6. The molecule has 0 aliphatic carbocycles. The van der Waals surface area contributed by atoms with Crippen LogP contribution in [0.5, 0.6) is 0 Å². The molecule has 0 bridgehead atoms. The number of nitrogens with zero attached hydrogens (tertiary/aromatic N) is 2. The van der Waals surface area contributed by atoms with E-state index in [-0.39, 0.29) is 6.10 Å². The summed E-state index contributed by atoms with van der Waals surface area (Å²) >= 11 is 3.38. The lowest BCUT2D eigenvalue weighted by molar-refractivity contribution is -0.0941. The lowest BCUT2D eigenvalue weighted by Crippen LogP contribution is -2.22. The predicted octanol–water partition coefficient (Wildman–Crippen LogP) is 2.17. The van der Waals surface area contributed by atoms with Crippen LogP contribution in [0.15, 0.2) is 27.2 Å². The predicted molar refractivity (Wildman–Crippen MR) is 71.4 cm³/mol. The van der Waals surface area contributed by atoms with Crippen LogP contribution in [0.25, 0.3) is 11.5 Å². The normalized spacial score (nSPS) is 19.5. The maximum absolute atomic E-state index is 5.78. The first-order chi connectivity index (χ1) is 9.22. The van der Waals surface area contributed by atoms with Crippen molar-refractivity contribution in [2.45, 2.75) is 6.10 Å². The number of hydrogen-bond donors (Lipinski definition) is 1. The second-order valence-corrected chi connectivity index (χ2v) is 5.08. The summed E-state index contributed by atoms with van der Waals surface area (Å²) in [5.74, 6) is 0.908. The van der Waals surface area contributed by atoms with E-state index in [1.165, 1.54) is 0 Å². The molecule has 1 fully saturated rings. The molecule has 1 aromatic carbocycles. The summed E-state index contributed by atoms with van der Waals surface area (Å²) in [6.45, 7) is 1.58. The van der Waals surface area contributed by atoms with Crippen molar-refractivity contribution in [2.24, 2.45) is 0 Å². The molecule has 2 heterocycles. The molecule has 7 heteroatoms. The number of anilines is 1. The molecule has 0 amide bonds. The molecule has 1 aromatic heterocycles. The van der Waals surface area contributed by atoms with Gasteiger partial charge in [0.15, 0.2) is 0 Å². The van der Waals surface area contributed by atoms with Gasteiger partial charge in [-0.1, -0.05) is 21.1 Å². The summed E-state index contributed by atoms with van der Waals surface area (Å²) in [6, 6.07) is 5.45. The number of halogens is 1. The van der Waals surface area contributed by atoms with Crippen molar-refractivity contribution < 1.29 is 14.0 Å². The maximum Gasteiger partial charge on any atom is 0.258 e. The second kappa shape index (κ2) is 5.28. The summed E-state index contributed by atoms with van der Waals surface area (Å²) < 4.78 is 16.9. The number of ether oxygens (including phenoxy) is 2. The van der Waals surface area contributed by atoms with Gasteiger partial charge in [-0.25, -0.2) is 0 Å². The summed E-state index contributed by atoms with van der Waals surface area (Å²) in [5, 5.41) is 3.93. The molecule has 0 spiro atoms. The molecule has 0 saturated carbocycles. The molecule has 1 atom stereocenters. The Labute approximate surface area is 118 Å². The average molecular weight is 326 g/mol. The molecule has 0 radical (unpaired) electrons. The number of rotatable bonds is 2. The third-order valence-electron chi connectivity index (χ3n) is 2.71. The van der Waals surface area contributed by atoms with Gasteiger partial charge in [0.25, 0.3) is 5.89 Å². The molecule has 2 aromatic rings. The van der Waals surface area contributed by atoms with E-state index < -0.39 is 0 Å². The fraction of sp³-hybridized carbons (Fsp3) is 0.333. The monoisotopic (exact) mass is 325 g/mol. The fourth-order valence-electron chi connectivity index (χ4n) is 1.86. The maximum atomic E-state index is 5.78. The van der Waals surface area contributed by atoms with Crippen LogP contribution >= 0.6 is 15.9 Å². The van der Waals surface area contributed by atoms with Crippen molar-refractivity contribution in [3.8, 4) is 11.5 Å². The SMILES string of the molecule is Nc1cc(Br)cc(-c2nc(C3COCCO3)no2)c1. The van der Waals surface area contributed by atoms with Crippen molar-refractivity contribution >= 4 is 21.6 Å². The summed E-state index contributed by atoms with van der Waals surface area (Å²) in [7, 11) is 0. The Morgan fingerprint density at radius 2 is 2.16 bits per heavy atom. The molecular weight excluding hydrogens is 314 g/mol. The van der Waals surface area contributed by atoms with Crippen LogP contribution < -0.4 is 5.73 Å². The smallest absolute Gasteiger partial charge is 0.258 e. The summed E-state index contributed by atoms with van der Waals surface area (Å²) in [4.78, 5) is 4.33. The van der Waals surface area contributed by atoms with E-state index in [1.54, 1.807) is 12.1 Å². The average Bonchev–Trinajstić information content (AvgIpc) is 2.88. The lowest BCUT2D eigenvalue weighted by Gasteiger charge is -2.19. The van der Waals surface area contributed by atoms with Crippen LogP contribution in [0.4, 0.5) is 5.69 Å². The van der Waals surface area contributed by atoms with Gasteiger partial charge in [-0.05, 0) is 18.2 Å². The summed E-state index contributed by atoms with van der Waals surface area (Å²) in [5.41, 5.74) is 7.17. The Morgan fingerprint density at radius 1 is 1.26 bits per heavy atom. The number of nitrogen functional groups attached to an aromatic ring is 1. The van der Waals surface area contributed by atoms with E-state index in [9.17, 15) is 0 Å². The largest absolute Gasteiger partial charge is 0.399 e. The highest BCUT2D eigenvalue weighted by Crippen LogP contribution is 2.27. The fourth-order valence-corrected chi connectivity index (χ4v) is 2.37. The Morgan fingerprint density at radius 3 is 2.89 bits per heavy atom. The zero-order valence-corrected chi connectivity index (χ0v) is 11.6. The molecule has 3 rings (SSSR count). The highest BCUT2D eigenvalue weighted by atomic mass is 79.9. The van der Waals surface area contributed by atoms with Gasteiger partial charge in [0.05, 0.1) is 19.8 Å². The molecular formula is C12H12BrN3O3. The third-order valence-corrected chi connectivity index (χ3v) is 3.17. The minimum absolute atomic E-state index is 0.268. The Kier molecular flexibility index (Phi) is 3.50. The van der Waals surface area contributed by atoms with Gasteiger partial charge >= 0.3 is 0 Å². The van der Waals surface area contributed by atoms with E-state index >= 15 is 0 Å². The number of benzene rings is 1. The number of nitrogens with two attached hydrogens (primary N) is 1. The third kappa shape index (κ3) is 2.78. The van der Waals surface area contributed by atoms with E-state index in [1.807, 2.05) is 6.07 Å². The molecule has 1 aliphatic heterocycles. The molecule has 2 N–H and O–H groups in total. The molecule has 1 unspecified atom stereocenters. The topological polar surface area (TPSA) is 83.4 Å². The van der Waals surface area contributed by atoms with E-state index in [0.29, 0.717) is 37.2 Å². The standard InChI is InChI=1S/C12H12BrN3O3/c13-8-3-7(4-9(14)5-8)12-15-11(16-19-12)10-6-17-1-2-18-10/h3-5,10H,1-2,6,14H2. The second-order valence-electron chi connectivity index (χ2n) is 4.17. The van der Waals surface area contributed by atoms with Crippen molar-refractivity contribution in [1.29, 1.82) is 0 Å². The van der Waals surface area contributed by atoms with Gasteiger partial charge < -0.3 is 19.7 Å². The number of aromatic nitrogens is 2. The van der Waals surface area contributed by atoms with Crippen molar-refractivity contribution in [2.75, 3.05) is 25.6 Å². The molecule has 1 aliphatic rings. The Hall–Kier alpha value is -1.44. The van der Waals surface area contributed by atoms with Crippen LogP contribution in [-0.2, 0) is 9.47 Å². The van der Waals surface area contributed by atoms with Crippen LogP contribution in [0.3, 0.4) is 0 Å². The van der Waals surface area contributed by atoms with E-state index in [4.69, 9.17) is 19.7 Å². The van der Waals surface area contributed by atoms with Crippen molar-refractivity contribution in [3.05, 3.63) is 28.5 Å². The highest BCUT2D eigenvalue weighted by molar-refractivity contribution is 9.10. The first-order valence-electron chi connectivity index (χ1n) is 5.82. The minimum atomic E-state index is -0.268. The van der Waals surface area contributed by atoms with Gasteiger partial charge in [0, 0.05) is 15.7 Å². The van der Waals surface area contributed by atoms with Crippen LogP contribution in [-0.4, -0.2) is 30.0 Å². The van der Waals surface area contributed by atoms with Gasteiger partial charge in [-0.15, -0.1) is 0 Å². The lowest BCUT2D eigenvalue weighted by atomic mass is 10.2. The van der Waals surface area contributed by atoms with E-state index in [0.717, 1.165) is 10.0 Å². The van der Waals surface area contributed by atoms with Gasteiger partial charge in [-0.2, -0.15) is 4.98 Å². The molecule has 19 heavy (non-hydrogen) atoms. The Balaban J connectivity index is 1.87. The van der Waals surface area contributed by atoms with Gasteiger partial charge in [-0.3, -0.25) is 0 Å². The zero-order valence-electron chi connectivity index (χ0n) is 10.0. The first kappa shape index (κ1) is 12.6. The van der Waals surface area contributed by atoms with Gasteiger partial charge in [0.2, 0.25) is 5.82 Å². The summed E-state index contributed by atoms with van der Waals surface area (Å²) in [6.07, 6.45) is -0.268. The molecule has 100 valence electrons. The van der Waals surface area contributed by atoms with Crippen LogP contribution in [0, 0.1) is 0 Å². The minimum Gasteiger partial charge on any atom is -0.399 e. The molecule has 1 saturated heterocycles. The van der Waals surface area contributed by atoms with E-state index in [2.05, 4.69) is 26.1 Å².